The number of para-hydroxylation sites is 1. The Labute approximate surface area is 133 Å². The Kier molecular flexibility index (Phi) is 3.48. The molecular formula is C15H17ClN4O2. The maximum Gasteiger partial charge on any atom is 0.271 e. The van der Waals surface area contributed by atoms with Gasteiger partial charge in [-0.1, -0.05) is 17.7 Å². The van der Waals surface area contributed by atoms with Crippen LogP contribution in [-0.4, -0.2) is 29.3 Å². The molecular weight excluding hydrogens is 304 g/mol. The number of hydrogen-bond donors (Lipinski definition) is 2. The van der Waals surface area contributed by atoms with Gasteiger partial charge in [-0.05, 0) is 26.0 Å². The Morgan fingerprint density at radius 3 is 2.91 bits per heavy atom. The Balaban J connectivity index is 2.04. The summed E-state index contributed by atoms with van der Waals surface area (Å²) in [5.41, 5.74) is 1.52. The fourth-order valence-corrected chi connectivity index (χ4v) is 2.78. The molecule has 0 fully saturated rings. The van der Waals surface area contributed by atoms with Crippen LogP contribution in [-0.2, 0) is 5.54 Å². The van der Waals surface area contributed by atoms with Crippen molar-refractivity contribution in [1.82, 2.24) is 15.1 Å². The number of aromatic nitrogens is 2. The summed E-state index contributed by atoms with van der Waals surface area (Å²) in [6.07, 6.45) is 1.64. The van der Waals surface area contributed by atoms with Gasteiger partial charge in [0.15, 0.2) is 5.75 Å². The van der Waals surface area contributed by atoms with E-state index in [-0.39, 0.29) is 11.4 Å². The molecule has 116 valence electrons. The van der Waals surface area contributed by atoms with Gasteiger partial charge in [-0.25, -0.2) is 0 Å². The lowest BCUT2D eigenvalue weighted by Crippen LogP contribution is -2.48. The van der Waals surface area contributed by atoms with Crippen LogP contribution in [0.3, 0.4) is 0 Å². The van der Waals surface area contributed by atoms with E-state index in [1.807, 2.05) is 26.0 Å². The SMILES string of the molecule is COc1c(Cl)cccc1Nc1cnn2c1C(=O)NCC2(C)C. The predicted molar refractivity (Wildman–Crippen MR) is 85.2 cm³/mol. The molecule has 1 amide bonds. The number of rotatable bonds is 3. The molecule has 22 heavy (non-hydrogen) atoms. The molecule has 0 bridgehead atoms. The summed E-state index contributed by atoms with van der Waals surface area (Å²) in [5, 5.41) is 10.9. The van der Waals surface area contributed by atoms with Gasteiger partial charge in [0.25, 0.3) is 5.91 Å². The van der Waals surface area contributed by atoms with Crippen molar-refractivity contribution in [3.8, 4) is 5.75 Å². The van der Waals surface area contributed by atoms with Gasteiger partial charge in [-0.2, -0.15) is 5.10 Å². The highest BCUT2D eigenvalue weighted by Crippen LogP contribution is 2.36. The largest absolute Gasteiger partial charge is 0.493 e. The van der Waals surface area contributed by atoms with Crippen LogP contribution >= 0.6 is 11.6 Å². The zero-order valence-corrected chi connectivity index (χ0v) is 13.4. The maximum absolute atomic E-state index is 12.2. The molecule has 6 nitrogen and oxygen atoms in total. The van der Waals surface area contributed by atoms with Crippen LogP contribution in [0.1, 0.15) is 24.3 Å². The predicted octanol–water partition coefficient (Wildman–Crippen LogP) is 2.77. The second-order valence-corrected chi connectivity index (χ2v) is 6.17. The Morgan fingerprint density at radius 2 is 2.18 bits per heavy atom. The number of amides is 1. The monoisotopic (exact) mass is 320 g/mol. The minimum Gasteiger partial charge on any atom is -0.493 e. The van der Waals surface area contributed by atoms with Crippen molar-refractivity contribution in [1.29, 1.82) is 0 Å². The first-order valence-corrected chi connectivity index (χ1v) is 7.28. The van der Waals surface area contributed by atoms with E-state index in [9.17, 15) is 4.79 Å². The average molecular weight is 321 g/mol. The van der Waals surface area contributed by atoms with Crippen molar-refractivity contribution in [2.75, 3.05) is 19.0 Å². The van der Waals surface area contributed by atoms with Crippen molar-refractivity contribution in [3.63, 3.8) is 0 Å². The van der Waals surface area contributed by atoms with Crippen LogP contribution in [0.2, 0.25) is 5.02 Å². The number of fused-ring (bicyclic) bond motifs is 1. The van der Waals surface area contributed by atoms with Crippen LogP contribution in [0, 0.1) is 0 Å². The molecule has 2 N–H and O–H groups in total. The fraction of sp³-hybridized carbons (Fsp3) is 0.333. The summed E-state index contributed by atoms with van der Waals surface area (Å²) in [6.45, 7) is 4.58. The standard InChI is InChI=1S/C15H17ClN4O2/c1-15(2)8-17-14(21)12-11(7-18-20(12)15)19-10-6-4-5-9(16)13(10)22-3/h4-7,19H,8H2,1-3H3,(H,17,21). The lowest BCUT2D eigenvalue weighted by Gasteiger charge is -2.32. The van der Waals surface area contributed by atoms with Gasteiger partial charge in [0, 0.05) is 6.54 Å². The Bertz CT molecular complexity index is 739. The van der Waals surface area contributed by atoms with Crippen molar-refractivity contribution in [3.05, 3.63) is 35.1 Å². The number of nitrogens with one attached hydrogen (secondary N) is 2. The smallest absolute Gasteiger partial charge is 0.271 e. The summed E-state index contributed by atoms with van der Waals surface area (Å²) < 4.78 is 7.06. The van der Waals surface area contributed by atoms with E-state index in [2.05, 4.69) is 15.7 Å². The van der Waals surface area contributed by atoms with Crippen LogP contribution in [0.5, 0.6) is 5.75 Å². The molecule has 0 saturated carbocycles. The molecule has 0 unspecified atom stereocenters. The molecule has 1 aromatic heterocycles. The van der Waals surface area contributed by atoms with Crippen LogP contribution in [0.15, 0.2) is 24.4 Å². The molecule has 1 aromatic carbocycles. The van der Waals surface area contributed by atoms with E-state index in [0.29, 0.717) is 34.4 Å². The number of benzene rings is 1. The number of carbonyl (C=O) groups excluding carboxylic acids is 1. The average Bonchev–Trinajstić information content (AvgIpc) is 2.89. The molecule has 1 aliphatic heterocycles. The second kappa shape index (κ2) is 5.21. The first-order valence-electron chi connectivity index (χ1n) is 6.90. The number of halogens is 1. The Hall–Kier alpha value is -2.21. The molecule has 0 saturated heterocycles. The number of ether oxygens (including phenoxy) is 1. The van der Waals surface area contributed by atoms with Crippen LogP contribution in [0.4, 0.5) is 11.4 Å². The molecule has 1 aliphatic rings. The highest BCUT2D eigenvalue weighted by molar-refractivity contribution is 6.32. The zero-order chi connectivity index (χ0) is 15.9. The topological polar surface area (TPSA) is 68.2 Å². The molecule has 0 radical (unpaired) electrons. The molecule has 0 aliphatic carbocycles. The van der Waals surface area contributed by atoms with E-state index in [1.165, 1.54) is 0 Å². The van der Waals surface area contributed by atoms with Gasteiger partial charge < -0.3 is 15.4 Å². The number of anilines is 2. The quantitative estimate of drug-likeness (QED) is 0.912. The van der Waals surface area contributed by atoms with Crippen molar-refractivity contribution >= 4 is 28.9 Å². The summed E-state index contributed by atoms with van der Waals surface area (Å²) in [4.78, 5) is 12.2. The van der Waals surface area contributed by atoms with Gasteiger partial charge in [0.05, 0.1) is 35.2 Å². The van der Waals surface area contributed by atoms with Gasteiger partial charge >= 0.3 is 0 Å². The third kappa shape index (κ3) is 2.29. The lowest BCUT2D eigenvalue weighted by atomic mass is 10.0. The van der Waals surface area contributed by atoms with Crippen molar-refractivity contribution in [2.24, 2.45) is 0 Å². The second-order valence-electron chi connectivity index (χ2n) is 5.76. The molecule has 7 heteroatoms. The number of hydrogen-bond acceptors (Lipinski definition) is 4. The lowest BCUT2D eigenvalue weighted by molar-refractivity contribution is 0.0878. The molecule has 3 rings (SSSR count). The minimum absolute atomic E-state index is 0.152. The normalized spacial score (nSPS) is 15.9. The highest BCUT2D eigenvalue weighted by Gasteiger charge is 2.34. The summed E-state index contributed by atoms with van der Waals surface area (Å²) >= 11 is 6.12. The van der Waals surface area contributed by atoms with E-state index in [0.717, 1.165) is 0 Å². The van der Waals surface area contributed by atoms with Gasteiger partial charge in [-0.15, -0.1) is 0 Å². The summed E-state index contributed by atoms with van der Waals surface area (Å²) in [6, 6.07) is 5.39. The fourth-order valence-electron chi connectivity index (χ4n) is 2.53. The molecule has 2 heterocycles. The van der Waals surface area contributed by atoms with Gasteiger partial charge in [0.1, 0.15) is 5.69 Å². The first kappa shape index (κ1) is 14.7. The molecule has 2 aromatic rings. The van der Waals surface area contributed by atoms with E-state index < -0.39 is 0 Å². The molecule has 0 atom stereocenters. The highest BCUT2D eigenvalue weighted by atomic mass is 35.5. The van der Waals surface area contributed by atoms with Crippen LogP contribution in [0.25, 0.3) is 0 Å². The number of carbonyl (C=O) groups is 1. The molecule has 0 spiro atoms. The van der Waals surface area contributed by atoms with Gasteiger partial charge in [0.2, 0.25) is 0 Å². The van der Waals surface area contributed by atoms with E-state index in [4.69, 9.17) is 16.3 Å². The van der Waals surface area contributed by atoms with Crippen molar-refractivity contribution < 1.29 is 9.53 Å². The third-order valence-corrected chi connectivity index (χ3v) is 3.98. The number of nitrogens with zero attached hydrogens (tertiary/aromatic N) is 2. The van der Waals surface area contributed by atoms with Crippen LogP contribution < -0.4 is 15.4 Å². The van der Waals surface area contributed by atoms with E-state index in [1.54, 1.807) is 24.1 Å². The third-order valence-electron chi connectivity index (χ3n) is 3.68. The first-order chi connectivity index (χ1) is 10.4. The van der Waals surface area contributed by atoms with E-state index >= 15 is 0 Å². The van der Waals surface area contributed by atoms with Gasteiger partial charge in [-0.3, -0.25) is 9.48 Å². The minimum atomic E-state index is -0.276. The maximum atomic E-state index is 12.2. The zero-order valence-electron chi connectivity index (χ0n) is 12.6. The number of methoxy groups -OCH3 is 1. The summed E-state index contributed by atoms with van der Waals surface area (Å²) in [5.74, 6) is 0.375. The van der Waals surface area contributed by atoms with Crippen molar-refractivity contribution in [2.45, 2.75) is 19.4 Å². The Morgan fingerprint density at radius 1 is 1.41 bits per heavy atom. The summed E-state index contributed by atoms with van der Waals surface area (Å²) in [7, 11) is 1.55.